The maximum Gasteiger partial charge on any atom is 0.416 e. The molecule has 0 aliphatic carbocycles. The summed E-state index contributed by atoms with van der Waals surface area (Å²) in [5.74, 6) is -2.51. The van der Waals surface area contributed by atoms with Crippen LogP contribution in [0.4, 0.5) is 13.2 Å². The van der Waals surface area contributed by atoms with Crippen molar-refractivity contribution in [2.24, 2.45) is 0 Å². The number of alkyl halides is 3. The van der Waals surface area contributed by atoms with Crippen molar-refractivity contribution in [2.75, 3.05) is 19.6 Å². The number of carbonyl (C=O) groups is 2. The van der Waals surface area contributed by atoms with E-state index in [1.54, 1.807) is 12.1 Å². The minimum Gasteiger partial charge on any atom is -0.478 e. The Bertz CT molecular complexity index is 701. The molecular weight excluding hydrogens is 413 g/mol. The Morgan fingerprint density at radius 2 is 1.68 bits per heavy atom. The van der Waals surface area contributed by atoms with Crippen molar-refractivity contribution in [1.82, 2.24) is 10.2 Å². The predicted octanol–water partition coefficient (Wildman–Crippen LogP) is 4.16. The first-order valence-corrected chi connectivity index (χ1v) is 10.4. The van der Waals surface area contributed by atoms with Crippen LogP contribution in [0.25, 0.3) is 0 Å². The second kappa shape index (κ2) is 13.8. The Morgan fingerprint density at radius 3 is 2.19 bits per heavy atom. The maximum absolute atomic E-state index is 13.2. The highest BCUT2D eigenvalue weighted by Crippen LogP contribution is 2.33. The normalized spacial score (nSPS) is 15.0. The molecule has 1 fully saturated rings. The first kappa shape index (κ1) is 26.6. The molecule has 0 spiro atoms. The van der Waals surface area contributed by atoms with Crippen LogP contribution in [-0.4, -0.2) is 52.7 Å². The second-order valence-corrected chi connectivity index (χ2v) is 7.32. The Kier molecular flexibility index (Phi) is 11.9. The van der Waals surface area contributed by atoms with E-state index in [-0.39, 0.29) is 0 Å². The SMILES string of the molecule is CCCCCN(Cc1ccccc1C(F)(F)F)C1CCNCC1.O=C(O)/C=C/C(=O)O. The van der Waals surface area contributed by atoms with E-state index in [0.717, 1.165) is 51.7 Å². The van der Waals surface area contributed by atoms with E-state index in [1.165, 1.54) is 12.1 Å². The van der Waals surface area contributed by atoms with Gasteiger partial charge in [-0.3, -0.25) is 4.90 Å². The highest BCUT2D eigenvalue weighted by Gasteiger charge is 2.33. The van der Waals surface area contributed by atoms with Crippen molar-refractivity contribution < 1.29 is 33.0 Å². The van der Waals surface area contributed by atoms with Crippen LogP contribution in [-0.2, 0) is 22.3 Å². The molecule has 2 rings (SSSR count). The van der Waals surface area contributed by atoms with Crippen LogP contribution in [0.3, 0.4) is 0 Å². The summed E-state index contributed by atoms with van der Waals surface area (Å²) in [5.41, 5.74) is -0.0931. The number of carboxylic acids is 2. The van der Waals surface area contributed by atoms with Crippen LogP contribution in [0.5, 0.6) is 0 Å². The van der Waals surface area contributed by atoms with Gasteiger partial charge in [0.05, 0.1) is 5.56 Å². The Labute approximate surface area is 180 Å². The van der Waals surface area contributed by atoms with Gasteiger partial charge in [0.15, 0.2) is 0 Å². The van der Waals surface area contributed by atoms with Crippen LogP contribution >= 0.6 is 0 Å². The Morgan fingerprint density at radius 1 is 1.10 bits per heavy atom. The van der Waals surface area contributed by atoms with E-state index in [4.69, 9.17) is 10.2 Å². The first-order valence-electron chi connectivity index (χ1n) is 10.4. The van der Waals surface area contributed by atoms with E-state index >= 15 is 0 Å². The third kappa shape index (κ3) is 11.0. The quantitative estimate of drug-likeness (QED) is 0.391. The summed E-state index contributed by atoms with van der Waals surface area (Å²) in [4.78, 5) is 21.4. The molecule has 1 aliphatic rings. The highest BCUT2D eigenvalue weighted by molar-refractivity contribution is 5.89. The van der Waals surface area contributed by atoms with Gasteiger partial charge in [0, 0.05) is 24.7 Å². The number of nitrogens with zero attached hydrogens (tertiary/aromatic N) is 1. The lowest BCUT2D eigenvalue weighted by Gasteiger charge is -2.35. The third-order valence-corrected chi connectivity index (χ3v) is 4.94. The summed E-state index contributed by atoms with van der Waals surface area (Å²) in [6.07, 6.45) is 2.17. The van der Waals surface area contributed by atoms with Crippen LogP contribution in [0, 0.1) is 0 Å². The van der Waals surface area contributed by atoms with Crippen molar-refractivity contribution >= 4 is 11.9 Å². The maximum atomic E-state index is 13.2. The van der Waals surface area contributed by atoms with Crippen LogP contribution in [0.1, 0.15) is 50.2 Å². The van der Waals surface area contributed by atoms with Gasteiger partial charge in [-0.25, -0.2) is 9.59 Å². The highest BCUT2D eigenvalue weighted by atomic mass is 19.4. The molecule has 0 aromatic heterocycles. The Balaban J connectivity index is 0.000000512. The van der Waals surface area contributed by atoms with Gasteiger partial charge < -0.3 is 15.5 Å². The van der Waals surface area contributed by atoms with Gasteiger partial charge in [0.1, 0.15) is 0 Å². The van der Waals surface area contributed by atoms with E-state index < -0.39 is 23.7 Å². The molecule has 0 radical (unpaired) electrons. The molecule has 1 heterocycles. The van der Waals surface area contributed by atoms with Crippen molar-refractivity contribution in [1.29, 1.82) is 0 Å². The number of halogens is 3. The number of piperidine rings is 1. The number of nitrogens with one attached hydrogen (secondary N) is 1. The molecule has 3 N–H and O–H groups in total. The zero-order valence-corrected chi connectivity index (χ0v) is 17.7. The second-order valence-electron chi connectivity index (χ2n) is 7.32. The van der Waals surface area contributed by atoms with Crippen molar-refractivity contribution in [3.8, 4) is 0 Å². The molecule has 6 nitrogen and oxygen atoms in total. The Hall–Kier alpha value is -2.39. The molecule has 0 saturated carbocycles. The van der Waals surface area contributed by atoms with Crippen molar-refractivity contribution in [3.05, 3.63) is 47.5 Å². The smallest absolute Gasteiger partial charge is 0.416 e. The standard InChI is InChI=1S/C18H27F3N2.C4H4O4/c1-2-3-6-13-23(16-9-11-22-12-10-16)14-15-7-4-5-8-17(15)18(19,20)21;5-3(6)1-2-4(7)8/h4-5,7-8,16,22H,2-3,6,9-14H2,1H3;1-2H,(H,5,6)(H,7,8)/b;2-1+. The molecule has 0 amide bonds. The fourth-order valence-corrected chi connectivity index (χ4v) is 3.42. The minimum absolute atomic E-state index is 0.384. The lowest BCUT2D eigenvalue weighted by molar-refractivity contribution is -0.138. The van der Waals surface area contributed by atoms with E-state index in [9.17, 15) is 22.8 Å². The minimum atomic E-state index is -4.28. The molecule has 1 aliphatic heterocycles. The number of hydrogen-bond acceptors (Lipinski definition) is 4. The molecule has 1 aromatic rings. The molecule has 31 heavy (non-hydrogen) atoms. The molecule has 174 valence electrons. The van der Waals surface area contributed by atoms with Crippen molar-refractivity contribution in [2.45, 2.75) is 57.8 Å². The monoisotopic (exact) mass is 444 g/mol. The summed E-state index contributed by atoms with van der Waals surface area (Å²) in [7, 11) is 0. The third-order valence-electron chi connectivity index (χ3n) is 4.94. The molecule has 0 bridgehead atoms. The van der Waals surface area contributed by atoms with Crippen LogP contribution in [0.15, 0.2) is 36.4 Å². The molecule has 9 heteroatoms. The molecule has 0 atom stereocenters. The van der Waals surface area contributed by atoms with E-state index in [2.05, 4.69) is 17.1 Å². The van der Waals surface area contributed by atoms with Crippen molar-refractivity contribution in [3.63, 3.8) is 0 Å². The summed E-state index contributed by atoms with van der Waals surface area (Å²) in [5, 5.41) is 19.0. The van der Waals surface area contributed by atoms with E-state index in [1.807, 2.05) is 0 Å². The fourth-order valence-electron chi connectivity index (χ4n) is 3.42. The predicted molar refractivity (Wildman–Crippen MR) is 112 cm³/mol. The largest absolute Gasteiger partial charge is 0.478 e. The molecule has 1 saturated heterocycles. The van der Waals surface area contributed by atoms with Gasteiger partial charge in [-0.05, 0) is 50.5 Å². The van der Waals surface area contributed by atoms with Crippen LogP contribution in [0.2, 0.25) is 0 Å². The zero-order chi connectivity index (χ0) is 23.3. The summed E-state index contributed by atoms with van der Waals surface area (Å²) >= 11 is 0. The summed E-state index contributed by atoms with van der Waals surface area (Å²) < 4.78 is 39.7. The van der Waals surface area contributed by atoms with Crippen LogP contribution < -0.4 is 5.32 Å². The number of unbranched alkanes of at least 4 members (excludes halogenated alkanes) is 2. The first-order chi connectivity index (χ1) is 14.6. The molecular formula is C22H31F3N2O4. The average Bonchev–Trinajstić information content (AvgIpc) is 2.72. The average molecular weight is 444 g/mol. The zero-order valence-electron chi connectivity index (χ0n) is 17.7. The number of benzene rings is 1. The fraction of sp³-hybridized carbons (Fsp3) is 0.545. The van der Waals surface area contributed by atoms with Gasteiger partial charge >= 0.3 is 18.1 Å². The number of carboxylic acid groups (broad SMARTS) is 2. The molecule has 1 aromatic carbocycles. The van der Waals surface area contributed by atoms with Gasteiger partial charge in [0.2, 0.25) is 0 Å². The lowest BCUT2D eigenvalue weighted by atomic mass is 10.0. The van der Waals surface area contributed by atoms with Gasteiger partial charge in [0.25, 0.3) is 0 Å². The summed E-state index contributed by atoms with van der Waals surface area (Å²) in [6.45, 7) is 5.33. The lowest BCUT2D eigenvalue weighted by Crippen LogP contribution is -2.43. The number of rotatable bonds is 9. The number of aliphatic carboxylic acids is 2. The molecule has 0 unspecified atom stereocenters. The number of hydrogen-bond donors (Lipinski definition) is 3. The topological polar surface area (TPSA) is 89.9 Å². The van der Waals surface area contributed by atoms with Gasteiger partial charge in [-0.1, -0.05) is 38.0 Å². The van der Waals surface area contributed by atoms with Gasteiger partial charge in [-0.2, -0.15) is 13.2 Å². The van der Waals surface area contributed by atoms with Gasteiger partial charge in [-0.15, -0.1) is 0 Å². The van der Waals surface area contributed by atoms with E-state index in [0.29, 0.717) is 30.3 Å². The summed E-state index contributed by atoms with van der Waals surface area (Å²) in [6, 6.07) is 6.38.